The molecule has 1 aliphatic rings. The minimum atomic E-state index is -3.44. The highest BCUT2D eigenvalue weighted by Crippen LogP contribution is 2.30. The molecule has 0 heterocycles. The summed E-state index contributed by atoms with van der Waals surface area (Å²) < 4.78 is 32.0. The second-order valence-corrected chi connectivity index (χ2v) is 7.07. The van der Waals surface area contributed by atoms with Crippen LogP contribution in [0, 0.1) is 5.92 Å². The Kier molecular flexibility index (Phi) is 4.19. The van der Waals surface area contributed by atoms with Crippen molar-refractivity contribution >= 4 is 16.1 Å². The summed E-state index contributed by atoms with van der Waals surface area (Å²) in [7, 11) is -3.44. The molecule has 0 aromatic rings. The van der Waals surface area contributed by atoms with Crippen molar-refractivity contribution < 1.29 is 22.1 Å². The summed E-state index contributed by atoms with van der Waals surface area (Å²) in [6.45, 7) is 5.43. The summed E-state index contributed by atoms with van der Waals surface area (Å²) in [6.07, 6.45) is 2.25. The van der Waals surface area contributed by atoms with E-state index >= 15 is 0 Å². The van der Waals surface area contributed by atoms with E-state index in [-0.39, 0.29) is 18.0 Å². The predicted octanol–water partition coefficient (Wildman–Crippen LogP) is 1.47. The van der Waals surface area contributed by atoms with Crippen molar-refractivity contribution in [1.82, 2.24) is 0 Å². The monoisotopic (exact) mass is 264 g/mol. The Morgan fingerprint density at radius 3 is 2.29 bits per heavy atom. The summed E-state index contributed by atoms with van der Waals surface area (Å²) in [6, 6.07) is 0. The quantitative estimate of drug-likeness (QED) is 0.570. The Labute approximate surface area is 103 Å². The van der Waals surface area contributed by atoms with Gasteiger partial charge in [0.15, 0.2) is 0 Å². The van der Waals surface area contributed by atoms with E-state index in [2.05, 4.69) is 0 Å². The fourth-order valence-electron chi connectivity index (χ4n) is 1.87. The van der Waals surface area contributed by atoms with Crippen LogP contribution < -0.4 is 0 Å². The summed E-state index contributed by atoms with van der Waals surface area (Å²) in [4.78, 5) is 11.7. The van der Waals surface area contributed by atoms with Crippen LogP contribution in [0.1, 0.15) is 40.0 Å². The third-order valence-corrected chi connectivity index (χ3v) is 3.06. The number of carbonyl (C=O) groups is 1. The van der Waals surface area contributed by atoms with E-state index in [0.29, 0.717) is 19.3 Å². The zero-order valence-corrected chi connectivity index (χ0v) is 11.5. The largest absolute Gasteiger partial charge is 0.460 e. The average Bonchev–Trinajstić information content (AvgIpc) is 2.45. The third kappa shape index (κ3) is 5.50. The van der Waals surface area contributed by atoms with E-state index in [1.807, 2.05) is 20.8 Å². The van der Waals surface area contributed by atoms with Crippen molar-refractivity contribution in [3.8, 4) is 0 Å². The van der Waals surface area contributed by atoms with Crippen LogP contribution in [-0.4, -0.2) is 32.3 Å². The molecule has 1 saturated carbocycles. The summed E-state index contributed by atoms with van der Waals surface area (Å²) in [5.74, 6) is -0.516. The van der Waals surface area contributed by atoms with Crippen LogP contribution in [0.15, 0.2) is 0 Å². The van der Waals surface area contributed by atoms with Crippen molar-refractivity contribution in [3.63, 3.8) is 0 Å². The summed E-state index contributed by atoms with van der Waals surface area (Å²) in [5, 5.41) is 0. The molecule has 2 atom stereocenters. The van der Waals surface area contributed by atoms with Gasteiger partial charge in [-0.15, -0.1) is 0 Å². The summed E-state index contributed by atoms with van der Waals surface area (Å²) >= 11 is 0. The first-order valence-corrected chi connectivity index (χ1v) is 7.49. The first-order valence-electron chi connectivity index (χ1n) is 5.68. The van der Waals surface area contributed by atoms with Crippen molar-refractivity contribution in [2.45, 2.75) is 51.7 Å². The molecule has 0 spiro atoms. The van der Waals surface area contributed by atoms with Crippen molar-refractivity contribution in [3.05, 3.63) is 0 Å². The molecule has 1 fully saturated rings. The highest BCUT2D eigenvalue weighted by Gasteiger charge is 2.34. The fourth-order valence-corrected chi connectivity index (χ4v) is 2.54. The van der Waals surface area contributed by atoms with Gasteiger partial charge in [0.25, 0.3) is 10.1 Å². The lowest BCUT2D eigenvalue weighted by atomic mass is 10.1. The van der Waals surface area contributed by atoms with Crippen LogP contribution in [0.25, 0.3) is 0 Å². The van der Waals surface area contributed by atoms with E-state index in [1.165, 1.54) is 0 Å². The lowest BCUT2D eigenvalue weighted by Gasteiger charge is -2.22. The molecule has 0 N–H and O–H groups in total. The van der Waals surface area contributed by atoms with Crippen molar-refractivity contribution in [1.29, 1.82) is 0 Å². The molecule has 1 rings (SSSR count). The van der Waals surface area contributed by atoms with Gasteiger partial charge in [-0.05, 0) is 40.0 Å². The minimum absolute atomic E-state index is 0.249. The molecule has 0 aliphatic heterocycles. The molecule has 0 amide bonds. The van der Waals surface area contributed by atoms with E-state index in [0.717, 1.165) is 6.26 Å². The normalized spacial score (nSPS) is 25.9. The third-order valence-electron chi connectivity index (χ3n) is 2.44. The van der Waals surface area contributed by atoms with Crippen LogP contribution >= 0.6 is 0 Å². The lowest BCUT2D eigenvalue weighted by molar-refractivity contribution is -0.159. The van der Waals surface area contributed by atoms with Crippen LogP contribution in [0.2, 0.25) is 0 Å². The minimum Gasteiger partial charge on any atom is -0.460 e. The fraction of sp³-hybridized carbons (Fsp3) is 0.909. The highest BCUT2D eigenvalue weighted by atomic mass is 32.2. The van der Waals surface area contributed by atoms with Gasteiger partial charge in [-0.2, -0.15) is 8.42 Å². The molecule has 0 radical (unpaired) electrons. The SMILES string of the molecule is CC(C)(C)OC(=O)[C@@H]1CC[C@H](OS(C)(=O)=O)C1. The second-order valence-electron chi connectivity index (χ2n) is 5.47. The number of esters is 1. The highest BCUT2D eigenvalue weighted by molar-refractivity contribution is 7.86. The number of hydrogen-bond donors (Lipinski definition) is 0. The van der Waals surface area contributed by atoms with Crippen LogP contribution in [-0.2, 0) is 23.8 Å². The Morgan fingerprint density at radius 2 is 1.82 bits per heavy atom. The number of ether oxygens (including phenoxy) is 1. The van der Waals surface area contributed by atoms with Gasteiger partial charge in [0, 0.05) is 0 Å². The van der Waals surface area contributed by atoms with E-state index < -0.39 is 15.7 Å². The Hall–Kier alpha value is -0.620. The standard InChI is InChI=1S/C11H20O5S/c1-11(2,3)15-10(12)8-5-6-9(7-8)16-17(4,13)14/h8-9H,5-7H2,1-4H3/t8-,9+/m1/s1. The zero-order valence-electron chi connectivity index (χ0n) is 10.7. The van der Waals surface area contributed by atoms with Crippen molar-refractivity contribution in [2.24, 2.45) is 5.92 Å². The summed E-state index contributed by atoms with van der Waals surface area (Å²) in [5.41, 5.74) is -0.507. The van der Waals surface area contributed by atoms with Gasteiger partial charge in [-0.1, -0.05) is 0 Å². The first-order chi connectivity index (χ1) is 7.57. The van der Waals surface area contributed by atoms with Gasteiger partial charge < -0.3 is 4.74 Å². The van der Waals surface area contributed by atoms with E-state index in [4.69, 9.17) is 8.92 Å². The number of hydrogen-bond acceptors (Lipinski definition) is 5. The maximum Gasteiger partial charge on any atom is 0.309 e. The van der Waals surface area contributed by atoms with Crippen LogP contribution in [0.3, 0.4) is 0 Å². The van der Waals surface area contributed by atoms with Crippen LogP contribution in [0.5, 0.6) is 0 Å². The van der Waals surface area contributed by atoms with Crippen molar-refractivity contribution in [2.75, 3.05) is 6.26 Å². The molecule has 0 saturated heterocycles. The molecule has 0 unspecified atom stereocenters. The lowest BCUT2D eigenvalue weighted by Crippen LogP contribution is -2.28. The molecule has 0 aromatic heterocycles. The molecule has 5 nitrogen and oxygen atoms in total. The topological polar surface area (TPSA) is 69.7 Å². The van der Waals surface area contributed by atoms with Crippen LogP contribution in [0.4, 0.5) is 0 Å². The van der Waals surface area contributed by atoms with Gasteiger partial charge in [0.1, 0.15) is 5.60 Å². The predicted molar refractivity (Wildman–Crippen MR) is 62.9 cm³/mol. The maximum atomic E-state index is 11.7. The molecular weight excluding hydrogens is 244 g/mol. The zero-order chi connectivity index (χ0) is 13.3. The smallest absolute Gasteiger partial charge is 0.309 e. The van der Waals surface area contributed by atoms with Gasteiger partial charge in [0.2, 0.25) is 0 Å². The second kappa shape index (κ2) is 4.94. The average molecular weight is 264 g/mol. The Morgan fingerprint density at radius 1 is 1.24 bits per heavy atom. The maximum absolute atomic E-state index is 11.7. The number of rotatable bonds is 3. The molecule has 0 aromatic carbocycles. The molecule has 6 heteroatoms. The molecule has 17 heavy (non-hydrogen) atoms. The molecule has 0 bridgehead atoms. The Balaban J connectivity index is 2.48. The first kappa shape index (κ1) is 14.4. The molecular formula is C11H20O5S. The van der Waals surface area contributed by atoms with E-state index in [1.54, 1.807) is 0 Å². The Bertz CT molecular complexity index is 379. The van der Waals surface area contributed by atoms with E-state index in [9.17, 15) is 13.2 Å². The molecule has 1 aliphatic carbocycles. The van der Waals surface area contributed by atoms with Gasteiger partial charge >= 0.3 is 5.97 Å². The van der Waals surface area contributed by atoms with Gasteiger partial charge in [0.05, 0.1) is 18.3 Å². The van der Waals surface area contributed by atoms with Gasteiger partial charge in [-0.3, -0.25) is 8.98 Å². The number of carbonyl (C=O) groups excluding carboxylic acids is 1. The van der Waals surface area contributed by atoms with Gasteiger partial charge in [-0.25, -0.2) is 0 Å². The molecule has 100 valence electrons.